The molecule has 0 radical (unpaired) electrons. The molecule has 0 atom stereocenters. The van der Waals surface area contributed by atoms with E-state index in [2.05, 4.69) is 21.4 Å². The summed E-state index contributed by atoms with van der Waals surface area (Å²) in [5.41, 5.74) is 5.79. The van der Waals surface area contributed by atoms with E-state index in [0.29, 0.717) is 42.8 Å². The van der Waals surface area contributed by atoms with Gasteiger partial charge in [-0.2, -0.15) is 0 Å². The number of benzene rings is 3. The molecule has 3 heterocycles. The highest BCUT2D eigenvalue weighted by Gasteiger charge is 2.41. The number of methoxy groups -OCH3 is 3. The fourth-order valence-corrected chi connectivity index (χ4v) is 6.96. The van der Waals surface area contributed by atoms with E-state index in [1.807, 2.05) is 42.5 Å². The molecule has 1 saturated carbocycles. The van der Waals surface area contributed by atoms with E-state index in [4.69, 9.17) is 33.7 Å². The zero-order valence-electron chi connectivity index (χ0n) is 28.3. The van der Waals surface area contributed by atoms with Crippen LogP contribution in [-0.4, -0.2) is 60.8 Å². The number of aromatic nitrogens is 3. The Kier molecular flexibility index (Phi) is 9.55. The molecule has 1 saturated heterocycles. The first kappa shape index (κ1) is 33.3. The summed E-state index contributed by atoms with van der Waals surface area (Å²) < 4.78 is 44.3. The predicted molar refractivity (Wildman–Crippen MR) is 186 cm³/mol. The summed E-state index contributed by atoms with van der Waals surface area (Å²) in [7, 11) is 4.72. The van der Waals surface area contributed by atoms with Crippen molar-refractivity contribution in [1.82, 2.24) is 19.9 Å². The quantitative estimate of drug-likeness (QED) is 0.161. The first-order valence-corrected chi connectivity index (χ1v) is 16.7. The third-order valence-corrected chi connectivity index (χ3v) is 9.62. The Labute approximate surface area is 289 Å². The highest BCUT2D eigenvalue weighted by molar-refractivity contribution is 5.97. The summed E-state index contributed by atoms with van der Waals surface area (Å²) in [6, 6.07) is 17.5. The average molecular weight is 682 g/mol. The molecule has 1 spiro atoms. The van der Waals surface area contributed by atoms with Crippen LogP contribution in [0.5, 0.6) is 17.2 Å². The van der Waals surface area contributed by atoms with Crippen molar-refractivity contribution >= 4 is 22.8 Å². The van der Waals surface area contributed by atoms with Crippen LogP contribution in [0.4, 0.5) is 10.2 Å². The maximum Gasteiger partial charge on any atom is 0.255 e. The van der Waals surface area contributed by atoms with E-state index in [0.717, 1.165) is 59.1 Å². The summed E-state index contributed by atoms with van der Waals surface area (Å²) in [6.07, 6.45) is 7.29. The number of nitrogens with zero attached hydrogens (tertiary/aromatic N) is 3. The zero-order chi connectivity index (χ0) is 34.7. The largest absolute Gasteiger partial charge is 0.497 e. The number of halogens is 1. The van der Waals surface area contributed by atoms with Crippen molar-refractivity contribution in [3.63, 3.8) is 0 Å². The van der Waals surface area contributed by atoms with Crippen LogP contribution < -0.4 is 24.8 Å². The fraction of sp³-hybridized carbons (Fsp3) is 0.342. The van der Waals surface area contributed by atoms with Gasteiger partial charge in [-0.25, -0.2) is 14.4 Å². The van der Waals surface area contributed by atoms with Gasteiger partial charge < -0.3 is 38.9 Å². The number of carbonyl (C=O) groups excluding carboxylic acids is 1. The van der Waals surface area contributed by atoms with E-state index >= 15 is 0 Å². The number of fused-ring (bicyclic) bond motifs is 1. The summed E-state index contributed by atoms with van der Waals surface area (Å²) in [5, 5.41) is 6.41. The van der Waals surface area contributed by atoms with Crippen LogP contribution >= 0.6 is 0 Å². The molecule has 1 aliphatic carbocycles. The molecular weight excluding hydrogens is 641 g/mol. The van der Waals surface area contributed by atoms with Gasteiger partial charge in [-0.15, -0.1) is 0 Å². The minimum Gasteiger partial charge on any atom is -0.497 e. The summed E-state index contributed by atoms with van der Waals surface area (Å²) in [6.45, 7) is 2.01. The minimum atomic E-state index is -0.507. The predicted octanol–water partition coefficient (Wildman–Crippen LogP) is 6.53. The molecule has 1 aliphatic heterocycles. The molecule has 2 fully saturated rings. The molecular formula is C38H40FN5O6. The van der Waals surface area contributed by atoms with Crippen LogP contribution in [0.2, 0.25) is 0 Å². The van der Waals surface area contributed by atoms with Gasteiger partial charge in [0.25, 0.3) is 5.91 Å². The fourth-order valence-electron chi connectivity index (χ4n) is 6.96. The lowest BCUT2D eigenvalue weighted by Gasteiger charge is -2.35. The van der Waals surface area contributed by atoms with Gasteiger partial charge in [-0.1, -0.05) is 12.1 Å². The normalized spacial score (nSPS) is 15.7. The smallest absolute Gasteiger partial charge is 0.255 e. The van der Waals surface area contributed by atoms with Crippen LogP contribution in [0.15, 0.2) is 73.2 Å². The van der Waals surface area contributed by atoms with Gasteiger partial charge >= 0.3 is 0 Å². The average Bonchev–Trinajstić information content (AvgIpc) is 3.78. The van der Waals surface area contributed by atoms with Crippen molar-refractivity contribution in [1.29, 1.82) is 0 Å². The van der Waals surface area contributed by atoms with Crippen molar-refractivity contribution in [3.05, 3.63) is 101 Å². The van der Waals surface area contributed by atoms with Crippen molar-refractivity contribution in [2.24, 2.45) is 0 Å². The Hall–Kier alpha value is -5.20. The number of hydrogen-bond acceptors (Lipinski definition) is 9. The van der Waals surface area contributed by atoms with Crippen LogP contribution in [0.25, 0.3) is 16.7 Å². The summed E-state index contributed by atoms with van der Waals surface area (Å²) >= 11 is 0. The second-order valence-corrected chi connectivity index (χ2v) is 12.5. The number of carbonyl (C=O) groups is 1. The lowest BCUT2D eigenvalue weighted by molar-refractivity contribution is -0.178. The molecule has 2 aromatic heterocycles. The standard InChI is InChI=1S/C38H40FN5O6/c1-46-29-10-6-26(33(19-29)48-3)21-40-36-35-34(42-23-43-36)31(25-12-14-38(15-13-25)49-16-17-50-38)22-44(35)28-8-4-24(5-9-28)20-41-37(45)30-18-27(39)7-11-32(30)47-2/h4-11,18-19,22-23,25H,12-17,20-21H2,1-3H3,(H,41,45)(H,40,42,43). The third-order valence-electron chi connectivity index (χ3n) is 9.62. The Bertz CT molecular complexity index is 1980. The first-order chi connectivity index (χ1) is 24.4. The van der Waals surface area contributed by atoms with Gasteiger partial charge in [-0.3, -0.25) is 4.79 Å². The topological polar surface area (TPSA) is 118 Å². The van der Waals surface area contributed by atoms with Crippen molar-refractivity contribution in [3.8, 4) is 22.9 Å². The molecule has 0 unspecified atom stereocenters. The van der Waals surface area contributed by atoms with E-state index < -0.39 is 17.5 Å². The third kappa shape index (κ3) is 6.68. The summed E-state index contributed by atoms with van der Waals surface area (Å²) in [4.78, 5) is 22.4. The molecule has 2 aliphatic rings. The van der Waals surface area contributed by atoms with Gasteiger partial charge in [0.1, 0.15) is 34.9 Å². The lowest BCUT2D eigenvalue weighted by Crippen LogP contribution is -2.34. The number of ether oxygens (including phenoxy) is 5. The molecule has 50 heavy (non-hydrogen) atoms. The zero-order valence-corrected chi connectivity index (χ0v) is 28.3. The Morgan fingerprint density at radius 3 is 2.40 bits per heavy atom. The number of amides is 1. The molecule has 3 aromatic carbocycles. The van der Waals surface area contributed by atoms with Crippen LogP contribution in [0.3, 0.4) is 0 Å². The number of hydrogen-bond donors (Lipinski definition) is 2. The second-order valence-electron chi connectivity index (χ2n) is 12.5. The molecule has 1 amide bonds. The van der Waals surface area contributed by atoms with E-state index in [-0.39, 0.29) is 18.0 Å². The summed E-state index contributed by atoms with van der Waals surface area (Å²) in [5.74, 6) is 1.31. The highest BCUT2D eigenvalue weighted by Crippen LogP contribution is 2.45. The van der Waals surface area contributed by atoms with Gasteiger partial charge in [-0.05, 0) is 72.4 Å². The Morgan fingerprint density at radius 2 is 1.68 bits per heavy atom. The molecule has 0 bridgehead atoms. The van der Waals surface area contributed by atoms with Crippen LogP contribution in [-0.2, 0) is 22.6 Å². The Balaban J connectivity index is 1.18. The maximum absolute atomic E-state index is 13.9. The first-order valence-electron chi connectivity index (χ1n) is 16.7. The number of anilines is 1. The second kappa shape index (κ2) is 14.3. The molecule has 12 heteroatoms. The van der Waals surface area contributed by atoms with E-state index in [1.54, 1.807) is 20.5 Å². The SMILES string of the molecule is COc1ccc(CNc2ncnc3c(C4CCC5(CC4)OCCO5)cn(-c4ccc(CNC(=O)c5cc(F)ccc5OC)cc4)c23)c(OC)c1. The van der Waals surface area contributed by atoms with Gasteiger partial charge in [0.15, 0.2) is 11.6 Å². The monoisotopic (exact) mass is 681 g/mol. The molecule has 5 aromatic rings. The maximum atomic E-state index is 13.9. The van der Waals surface area contributed by atoms with Crippen molar-refractivity contribution in [2.75, 3.05) is 39.9 Å². The molecule has 7 rings (SSSR count). The van der Waals surface area contributed by atoms with Crippen molar-refractivity contribution < 1.29 is 32.9 Å². The van der Waals surface area contributed by atoms with E-state index in [9.17, 15) is 9.18 Å². The van der Waals surface area contributed by atoms with E-state index in [1.165, 1.54) is 25.3 Å². The lowest BCUT2D eigenvalue weighted by atomic mass is 9.81. The molecule has 260 valence electrons. The van der Waals surface area contributed by atoms with Crippen LogP contribution in [0, 0.1) is 5.82 Å². The van der Waals surface area contributed by atoms with Crippen LogP contribution in [0.1, 0.15) is 58.6 Å². The number of rotatable bonds is 11. The molecule has 2 N–H and O–H groups in total. The van der Waals surface area contributed by atoms with Crippen molar-refractivity contribution in [2.45, 2.75) is 50.5 Å². The van der Waals surface area contributed by atoms with Gasteiger partial charge in [0, 0.05) is 49.4 Å². The van der Waals surface area contributed by atoms with Gasteiger partial charge in [0.2, 0.25) is 0 Å². The minimum absolute atomic E-state index is 0.141. The highest BCUT2D eigenvalue weighted by atomic mass is 19.1. The van der Waals surface area contributed by atoms with Gasteiger partial charge in [0.05, 0.1) is 45.6 Å². The molecule has 11 nitrogen and oxygen atoms in total. The Morgan fingerprint density at radius 1 is 0.920 bits per heavy atom. The number of nitrogens with one attached hydrogen (secondary N) is 2.